The number of nitrogens with zero attached hydrogens (tertiary/aromatic N) is 2. The Morgan fingerprint density at radius 1 is 1.26 bits per heavy atom. The fourth-order valence-corrected chi connectivity index (χ4v) is 3.71. The molecule has 1 aliphatic carbocycles. The Labute approximate surface area is 116 Å². The van der Waals surface area contributed by atoms with Crippen molar-refractivity contribution in [2.45, 2.75) is 18.8 Å². The van der Waals surface area contributed by atoms with Crippen LogP contribution in [0.5, 0.6) is 0 Å². The van der Waals surface area contributed by atoms with Crippen LogP contribution >= 0.6 is 11.3 Å². The number of rotatable bonds is 2. The first kappa shape index (κ1) is 11.5. The average Bonchev–Trinajstić information content (AvgIpc) is 3.19. The van der Waals surface area contributed by atoms with Gasteiger partial charge in [-0.25, -0.2) is 4.98 Å². The normalized spacial score (nSPS) is 20.1. The van der Waals surface area contributed by atoms with E-state index in [0.29, 0.717) is 11.0 Å². The van der Waals surface area contributed by atoms with Crippen LogP contribution in [0.3, 0.4) is 0 Å². The van der Waals surface area contributed by atoms with Crippen LogP contribution in [0.15, 0.2) is 12.1 Å². The Balaban J connectivity index is 1.84. The largest absolute Gasteiger partial charge is 0.378 e. The van der Waals surface area contributed by atoms with E-state index in [1.165, 1.54) is 28.8 Å². The van der Waals surface area contributed by atoms with Crippen LogP contribution in [0.25, 0.3) is 10.2 Å². The van der Waals surface area contributed by atoms with Gasteiger partial charge in [-0.05, 0) is 30.4 Å². The predicted octanol–water partition coefficient (Wildman–Crippen LogP) is 2.59. The highest BCUT2D eigenvalue weighted by molar-refractivity contribution is 7.22. The van der Waals surface area contributed by atoms with E-state index in [4.69, 9.17) is 10.5 Å². The average molecular weight is 275 g/mol. The Kier molecular flexibility index (Phi) is 2.63. The fourth-order valence-electron chi connectivity index (χ4n) is 2.81. The summed E-state index contributed by atoms with van der Waals surface area (Å²) >= 11 is 1.62. The zero-order chi connectivity index (χ0) is 12.8. The molecule has 4 nitrogen and oxygen atoms in total. The SMILES string of the molecule is Nc1nc2c(C3CC3)ccc(N3CCOCC3)c2s1. The summed E-state index contributed by atoms with van der Waals surface area (Å²) < 4.78 is 6.69. The third-order valence-electron chi connectivity index (χ3n) is 3.94. The molecule has 1 saturated carbocycles. The first-order valence-corrected chi connectivity index (χ1v) is 7.66. The van der Waals surface area contributed by atoms with Crippen molar-refractivity contribution in [3.8, 4) is 0 Å². The Hall–Kier alpha value is -1.33. The van der Waals surface area contributed by atoms with E-state index >= 15 is 0 Å². The first-order chi connectivity index (χ1) is 9.33. The summed E-state index contributed by atoms with van der Waals surface area (Å²) in [5, 5.41) is 0.678. The summed E-state index contributed by atoms with van der Waals surface area (Å²) in [5.41, 5.74) is 9.74. The highest BCUT2D eigenvalue weighted by Gasteiger charge is 2.28. The van der Waals surface area contributed by atoms with Crippen LogP contribution in [-0.4, -0.2) is 31.3 Å². The lowest BCUT2D eigenvalue weighted by atomic mass is 10.1. The molecule has 0 radical (unpaired) electrons. The Bertz CT molecular complexity index is 614. The number of thiazole rings is 1. The zero-order valence-electron chi connectivity index (χ0n) is 10.8. The number of nitrogens with two attached hydrogens (primary N) is 1. The van der Waals surface area contributed by atoms with Gasteiger partial charge in [0.05, 0.1) is 29.1 Å². The van der Waals surface area contributed by atoms with Crippen molar-refractivity contribution in [2.75, 3.05) is 36.9 Å². The lowest BCUT2D eigenvalue weighted by molar-refractivity contribution is 0.123. The van der Waals surface area contributed by atoms with E-state index < -0.39 is 0 Å². The number of hydrogen-bond donors (Lipinski definition) is 1. The summed E-state index contributed by atoms with van der Waals surface area (Å²) in [6.45, 7) is 3.52. The molecule has 0 amide bonds. The second-order valence-corrected chi connectivity index (χ2v) is 6.31. The highest BCUT2D eigenvalue weighted by Crippen LogP contribution is 2.46. The van der Waals surface area contributed by atoms with Gasteiger partial charge in [-0.15, -0.1) is 0 Å². The lowest BCUT2D eigenvalue weighted by Gasteiger charge is -2.29. The van der Waals surface area contributed by atoms with E-state index in [0.717, 1.165) is 31.8 Å². The van der Waals surface area contributed by atoms with Crippen LogP contribution < -0.4 is 10.6 Å². The van der Waals surface area contributed by atoms with Gasteiger partial charge in [0, 0.05) is 13.1 Å². The van der Waals surface area contributed by atoms with Gasteiger partial charge in [-0.2, -0.15) is 0 Å². The van der Waals surface area contributed by atoms with Gasteiger partial charge in [0.2, 0.25) is 0 Å². The fraction of sp³-hybridized carbons (Fsp3) is 0.500. The van der Waals surface area contributed by atoms with Crippen LogP contribution in [-0.2, 0) is 4.74 Å². The number of benzene rings is 1. The predicted molar refractivity (Wildman–Crippen MR) is 79.0 cm³/mol. The third-order valence-corrected chi connectivity index (χ3v) is 4.85. The van der Waals surface area contributed by atoms with Crippen LogP contribution in [0, 0.1) is 0 Å². The molecule has 0 atom stereocenters. The molecule has 1 aliphatic heterocycles. The molecule has 2 N–H and O–H groups in total. The van der Waals surface area contributed by atoms with Crippen molar-refractivity contribution in [1.29, 1.82) is 0 Å². The molecule has 4 rings (SSSR count). The maximum Gasteiger partial charge on any atom is 0.181 e. The molecule has 0 bridgehead atoms. The van der Waals surface area contributed by atoms with Crippen molar-refractivity contribution < 1.29 is 4.74 Å². The molecule has 100 valence electrons. The van der Waals surface area contributed by atoms with Gasteiger partial charge in [0.1, 0.15) is 0 Å². The smallest absolute Gasteiger partial charge is 0.181 e. The van der Waals surface area contributed by atoms with Crippen molar-refractivity contribution in [3.05, 3.63) is 17.7 Å². The molecule has 2 aliphatic rings. The summed E-state index contributed by atoms with van der Waals surface area (Å²) in [6, 6.07) is 4.50. The second-order valence-electron chi connectivity index (χ2n) is 5.28. The van der Waals surface area contributed by atoms with E-state index in [1.54, 1.807) is 11.3 Å². The van der Waals surface area contributed by atoms with E-state index in [1.807, 2.05) is 0 Å². The minimum Gasteiger partial charge on any atom is -0.378 e. The molecule has 2 fully saturated rings. The molecule has 5 heteroatoms. The van der Waals surface area contributed by atoms with Gasteiger partial charge in [0.15, 0.2) is 5.13 Å². The summed E-state index contributed by atoms with van der Waals surface area (Å²) in [6.07, 6.45) is 2.59. The number of fused-ring (bicyclic) bond motifs is 1. The van der Waals surface area contributed by atoms with Gasteiger partial charge >= 0.3 is 0 Å². The maximum absolute atomic E-state index is 5.94. The molecule has 2 heterocycles. The van der Waals surface area contributed by atoms with Crippen LogP contribution in [0.1, 0.15) is 24.3 Å². The van der Waals surface area contributed by atoms with Crippen molar-refractivity contribution in [3.63, 3.8) is 0 Å². The number of hydrogen-bond acceptors (Lipinski definition) is 5. The molecule has 19 heavy (non-hydrogen) atoms. The van der Waals surface area contributed by atoms with E-state index in [9.17, 15) is 0 Å². The number of aromatic nitrogens is 1. The second kappa shape index (κ2) is 4.35. The molecular weight excluding hydrogens is 258 g/mol. The highest BCUT2D eigenvalue weighted by atomic mass is 32.1. The quantitative estimate of drug-likeness (QED) is 0.915. The van der Waals surface area contributed by atoms with Gasteiger partial charge in [-0.3, -0.25) is 0 Å². The van der Waals surface area contributed by atoms with Crippen LogP contribution in [0.2, 0.25) is 0 Å². The topological polar surface area (TPSA) is 51.4 Å². The molecular formula is C14H17N3OS. The number of ether oxygens (including phenoxy) is 1. The molecule has 1 saturated heterocycles. The Morgan fingerprint density at radius 2 is 2.05 bits per heavy atom. The minimum atomic E-state index is 0.678. The standard InChI is InChI=1S/C14H17N3OS/c15-14-16-12-10(9-1-2-9)3-4-11(13(12)19-14)17-5-7-18-8-6-17/h3-4,9H,1-2,5-8H2,(H2,15,16). The zero-order valence-corrected chi connectivity index (χ0v) is 11.6. The molecule has 0 unspecified atom stereocenters. The van der Waals surface area contributed by atoms with Crippen molar-refractivity contribution in [2.24, 2.45) is 0 Å². The summed E-state index contributed by atoms with van der Waals surface area (Å²) in [5.74, 6) is 0.711. The lowest BCUT2D eigenvalue weighted by Crippen LogP contribution is -2.36. The summed E-state index contributed by atoms with van der Waals surface area (Å²) in [4.78, 5) is 6.96. The molecule has 1 aromatic heterocycles. The van der Waals surface area contributed by atoms with Gasteiger partial charge < -0.3 is 15.4 Å². The monoisotopic (exact) mass is 275 g/mol. The van der Waals surface area contributed by atoms with E-state index in [2.05, 4.69) is 22.0 Å². The summed E-state index contributed by atoms with van der Waals surface area (Å²) in [7, 11) is 0. The third kappa shape index (κ3) is 1.97. The van der Waals surface area contributed by atoms with Crippen molar-refractivity contribution in [1.82, 2.24) is 4.98 Å². The van der Waals surface area contributed by atoms with E-state index in [-0.39, 0.29) is 0 Å². The molecule has 0 spiro atoms. The van der Waals surface area contributed by atoms with Gasteiger partial charge in [0.25, 0.3) is 0 Å². The molecule has 1 aromatic carbocycles. The number of nitrogen functional groups attached to an aromatic ring is 1. The maximum atomic E-state index is 5.94. The number of anilines is 2. The minimum absolute atomic E-state index is 0.678. The Morgan fingerprint density at radius 3 is 2.79 bits per heavy atom. The molecule has 2 aromatic rings. The first-order valence-electron chi connectivity index (χ1n) is 6.84. The van der Waals surface area contributed by atoms with Gasteiger partial charge in [-0.1, -0.05) is 17.4 Å². The number of morpholine rings is 1. The van der Waals surface area contributed by atoms with Crippen molar-refractivity contribution >= 4 is 32.4 Å². The van der Waals surface area contributed by atoms with Crippen LogP contribution in [0.4, 0.5) is 10.8 Å².